The Morgan fingerprint density at radius 2 is 2.04 bits per heavy atom. The fourth-order valence-corrected chi connectivity index (χ4v) is 3.77. The molecule has 8 heteroatoms. The summed E-state index contributed by atoms with van der Waals surface area (Å²) in [6, 6.07) is 12.9. The molecule has 0 radical (unpaired) electrons. The molecule has 118 valence electrons. The molecule has 2 amide bonds. The molecule has 1 aliphatic heterocycles. The number of hydrogen-bond acceptors (Lipinski definition) is 5. The van der Waals surface area contributed by atoms with Crippen LogP contribution in [0.5, 0.6) is 0 Å². The van der Waals surface area contributed by atoms with Crippen molar-refractivity contribution in [3.63, 3.8) is 0 Å². The number of hydrazone groups is 1. The molecule has 5 nitrogen and oxygen atoms in total. The Balaban J connectivity index is 1.70. The summed E-state index contributed by atoms with van der Waals surface area (Å²) in [4.78, 5) is 26.0. The lowest BCUT2D eigenvalue weighted by Gasteiger charge is -2.15. The molecule has 1 aromatic carbocycles. The third-order valence-corrected chi connectivity index (χ3v) is 5.28. The Morgan fingerprint density at radius 1 is 1.26 bits per heavy atom. The number of halogens is 1. The minimum absolute atomic E-state index is 0.0222. The summed E-state index contributed by atoms with van der Waals surface area (Å²) in [5, 5.41) is 4.58. The predicted octanol–water partition coefficient (Wildman–Crippen LogP) is 3.18. The Labute approximate surface area is 146 Å². The number of hydrogen-bond donors (Lipinski definition) is 1. The standard InChI is InChI=1S/C15H12ClN3O2S2/c16-12-7-6-11(23-12)14(21)17-18-15-19(13(20)9-22-15)8-10-4-2-1-3-5-10/h1-7H,8-9H2,(H,17,21)/b18-15+. The van der Waals surface area contributed by atoms with E-state index in [0.29, 0.717) is 26.7 Å². The molecule has 23 heavy (non-hydrogen) atoms. The molecule has 1 aromatic heterocycles. The second kappa shape index (κ2) is 7.16. The van der Waals surface area contributed by atoms with Gasteiger partial charge in [0.15, 0.2) is 5.17 Å². The second-order valence-corrected chi connectivity index (χ2v) is 7.35. The van der Waals surface area contributed by atoms with E-state index >= 15 is 0 Å². The molecule has 0 unspecified atom stereocenters. The minimum atomic E-state index is -0.339. The number of carbonyl (C=O) groups is 2. The van der Waals surface area contributed by atoms with Crippen LogP contribution >= 0.6 is 34.7 Å². The van der Waals surface area contributed by atoms with Gasteiger partial charge in [0, 0.05) is 0 Å². The van der Waals surface area contributed by atoms with Crippen LogP contribution in [0.25, 0.3) is 0 Å². The molecule has 2 heterocycles. The molecule has 1 saturated heterocycles. The first-order valence-corrected chi connectivity index (χ1v) is 8.92. The van der Waals surface area contributed by atoms with Gasteiger partial charge in [-0.15, -0.1) is 16.4 Å². The van der Waals surface area contributed by atoms with Gasteiger partial charge in [-0.05, 0) is 17.7 Å². The number of nitrogens with zero attached hydrogens (tertiary/aromatic N) is 2. The summed E-state index contributed by atoms with van der Waals surface area (Å²) in [6.07, 6.45) is 0. The Morgan fingerprint density at radius 3 is 2.74 bits per heavy atom. The highest BCUT2D eigenvalue weighted by Crippen LogP contribution is 2.23. The van der Waals surface area contributed by atoms with Gasteiger partial charge < -0.3 is 0 Å². The van der Waals surface area contributed by atoms with Gasteiger partial charge in [0.2, 0.25) is 5.91 Å². The summed E-state index contributed by atoms with van der Waals surface area (Å²) < 4.78 is 0.541. The molecule has 1 N–H and O–H groups in total. The third-order valence-electron chi connectivity index (χ3n) is 3.09. The van der Waals surface area contributed by atoms with E-state index in [1.165, 1.54) is 23.1 Å². The number of carbonyl (C=O) groups excluding carboxylic acids is 2. The third kappa shape index (κ3) is 3.93. The van der Waals surface area contributed by atoms with E-state index < -0.39 is 0 Å². The van der Waals surface area contributed by atoms with Crippen LogP contribution in [0.1, 0.15) is 15.2 Å². The van der Waals surface area contributed by atoms with Crippen molar-refractivity contribution >= 4 is 51.7 Å². The number of amidine groups is 1. The van der Waals surface area contributed by atoms with Gasteiger partial charge in [0.25, 0.3) is 5.91 Å². The molecule has 2 aromatic rings. The van der Waals surface area contributed by atoms with Gasteiger partial charge in [0.1, 0.15) is 0 Å². The summed E-state index contributed by atoms with van der Waals surface area (Å²) >= 11 is 8.30. The highest BCUT2D eigenvalue weighted by Gasteiger charge is 2.28. The molecule has 0 saturated carbocycles. The number of thiophene rings is 1. The largest absolute Gasteiger partial charge is 0.285 e. The minimum Gasteiger partial charge on any atom is -0.285 e. The highest BCUT2D eigenvalue weighted by molar-refractivity contribution is 8.15. The fourth-order valence-electron chi connectivity index (χ4n) is 1.99. The van der Waals surface area contributed by atoms with Crippen molar-refractivity contribution in [1.82, 2.24) is 10.3 Å². The molecular formula is C15H12ClN3O2S2. The lowest BCUT2D eigenvalue weighted by Crippen LogP contribution is -2.31. The summed E-state index contributed by atoms with van der Waals surface area (Å²) in [5.41, 5.74) is 3.48. The van der Waals surface area contributed by atoms with Crippen LogP contribution in [0.2, 0.25) is 4.34 Å². The summed E-state index contributed by atoms with van der Waals surface area (Å²) in [7, 11) is 0. The topological polar surface area (TPSA) is 61.8 Å². The van der Waals surface area contributed by atoms with E-state index in [2.05, 4.69) is 10.5 Å². The second-order valence-electron chi connectivity index (χ2n) is 4.69. The Kier molecular flexibility index (Phi) is 5.00. The SMILES string of the molecule is O=C(N/N=C1/SCC(=O)N1Cc1ccccc1)c1ccc(Cl)s1. The molecular weight excluding hydrogens is 354 g/mol. The molecule has 0 bridgehead atoms. The molecule has 0 aliphatic carbocycles. The van der Waals surface area contributed by atoms with E-state index in [0.717, 1.165) is 5.56 Å². The van der Waals surface area contributed by atoms with Crippen molar-refractivity contribution in [2.75, 3.05) is 5.75 Å². The number of rotatable bonds is 4. The van der Waals surface area contributed by atoms with Gasteiger partial charge >= 0.3 is 0 Å². The number of nitrogens with one attached hydrogen (secondary N) is 1. The van der Waals surface area contributed by atoms with E-state index in [9.17, 15) is 9.59 Å². The predicted molar refractivity (Wildman–Crippen MR) is 93.7 cm³/mol. The van der Waals surface area contributed by atoms with Crippen LogP contribution in [0, 0.1) is 0 Å². The van der Waals surface area contributed by atoms with Crippen molar-refractivity contribution in [2.24, 2.45) is 5.10 Å². The molecule has 1 fully saturated rings. The average Bonchev–Trinajstić information content (AvgIpc) is 3.14. The van der Waals surface area contributed by atoms with Gasteiger partial charge in [-0.2, -0.15) is 0 Å². The van der Waals surface area contributed by atoms with E-state index in [1.54, 1.807) is 17.0 Å². The van der Waals surface area contributed by atoms with Crippen molar-refractivity contribution in [1.29, 1.82) is 0 Å². The molecule has 3 rings (SSSR count). The quantitative estimate of drug-likeness (QED) is 0.846. The van der Waals surface area contributed by atoms with Crippen LogP contribution in [0.15, 0.2) is 47.6 Å². The normalized spacial score (nSPS) is 16.1. The first-order chi connectivity index (χ1) is 11.1. The number of amides is 2. The summed E-state index contributed by atoms with van der Waals surface area (Å²) in [5.74, 6) is -0.0353. The average molecular weight is 366 g/mol. The Bertz CT molecular complexity index is 761. The maximum Gasteiger partial charge on any atom is 0.281 e. The first kappa shape index (κ1) is 16.0. The zero-order chi connectivity index (χ0) is 16.2. The smallest absolute Gasteiger partial charge is 0.281 e. The van der Waals surface area contributed by atoms with Crippen LogP contribution in [-0.2, 0) is 11.3 Å². The van der Waals surface area contributed by atoms with Gasteiger partial charge in [-0.1, -0.05) is 53.7 Å². The van der Waals surface area contributed by atoms with Crippen molar-refractivity contribution < 1.29 is 9.59 Å². The van der Waals surface area contributed by atoms with Crippen LogP contribution in [0.4, 0.5) is 0 Å². The fraction of sp³-hybridized carbons (Fsp3) is 0.133. The van der Waals surface area contributed by atoms with Crippen molar-refractivity contribution in [3.8, 4) is 0 Å². The van der Waals surface area contributed by atoms with Gasteiger partial charge in [-0.3, -0.25) is 14.5 Å². The summed E-state index contributed by atoms with van der Waals surface area (Å²) in [6.45, 7) is 0.437. The lowest BCUT2D eigenvalue weighted by molar-refractivity contribution is -0.124. The number of benzene rings is 1. The van der Waals surface area contributed by atoms with E-state index in [-0.39, 0.29) is 11.8 Å². The van der Waals surface area contributed by atoms with Crippen LogP contribution < -0.4 is 5.43 Å². The van der Waals surface area contributed by atoms with E-state index in [4.69, 9.17) is 11.6 Å². The van der Waals surface area contributed by atoms with Gasteiger partial charge in [-0.25, -0.2) is 5.43 Å². The highest BCUT2D eigenvalue weighted by atomic mass is 35.5. The lowest BCUT2D eigenvalue weighted by atomic mass is 10.2. The van der Waals surface area contributed by atoms with Crippen LogP contribution in [0.3, 0.4) is 0 Å². The maximum atomic E-state index is 12.0. The van der Waals surface area contributed by atoms with Crippen molar-refractivity contribution in [3.05, 3.63) is 57.2 Å². The molecule has 1 aliphatic rings. The van der Waals surface area contributed by atoms with Crippen LogP contribution in [-0.4, -0.2) is 27.6 Å². The maximum absolute atomic E-state index is 12.0. The zero-order valence-corrected chi connectivity index (χ0v) is 14.2. The molecule has 0 atom stereocenters. The molecule has 0 spiro atoms. The number of thioether (sulfide) groups is 1. The monoisotopic (exact) mass is 365 g/mol. The van der Waals surface area contributed by atoms with Gasteiger partial charge in [0.05, 0.1) is 21.5 Å². The van der Waals surface area contributed by atoms with E-state index in [1.807, 2.05) is 30.3 Å². The Hall–Kier alpha value is -1.83. The zero-order valence-electron chi connectivity index (χ0n) is 11.9. The van der Waals surface area contributed by atoms with Crippen molar-refractivity contribution in [2.45, 2.75) is 6.54 Å². The first-order valence-electron chi connectivity index (χ1n) is 6.74.